The first kappa shape index (κ1) is 12.6. The fraction of sp³-hybridized carbons (Fsp3) is 0.200. The van der Waals surface area contributed by atoms with E-state index in [9.17, 15) is 4.39 Å². The number of aryl methyl sites for hydroxylation is 1. The van der Waals surface area contributed by atoms with Crippen molar-refractivity contribution >= 4 is 11.4 Å². The van der Waals surface area contributed by atoms with E-state index >= 15 is 0 Å². The van der Waals surface area contributed by atoms with Crippen LogP contribution in [-0.2, 0) is 6.54 Å². The molecule has 0 spiro atoms. The molecule has 0 aliphatic heterocycles. The van der Waals surface area contributed by atoms with Crippen LogP contribution >= 0.6 is 0 Å². The van der Waals surface area contributed by atoms with E-state index in [1.54, 1.807) is 6.07 Å². The second-order valence-electron chi connectivity index (χ2n) is 4.38. The number of halogens is 1. The first-order chi connectivity index (χ1) is 8.61. The van der Waals surface area contributed by atoms with Crippen molar-refractivity contribution in [3.05, 3.63) is 59.4 Å². The normalized spacial score (nSPS) is 10.4. The third kappa shape index (κ3) is 2.51. The van der Waals surface area contributed by atoms with Gasteiger partial charge in [-0.2, -0.15) is 0 Å². The number of hydrogen-bond donors (Lipinski definition) is 1. The molecular formula is C15H17FN2. The lowest BCUT2D eigenvalue weighted by molar-refractivity contribution is 0.625. The quantitative estimate of drug-likeness (QED) is 0.897. The molecular weight excluding hydrogens is 227 g/mol. The zero-order valence-corrected chi connectivity index (χ0v) is 10.7. The smallest absolute Gasteiger partial charge is 0.123 e. The highest BCUT2D eigenvalue weighted by molar-refractivity contribution is 5.66. The molecule has 0 aliphatic rings. The fourth-order valence-electron chi connectivity index (χ4n) is 2.02. The molecule has 0 saturated carbocycles. The van der Waals surface area contributed by atoms with Crippen LogP contribution in [0.2, 0.25) is 0 Å². The van der Waals surface area contributed by atoms with Crippen LogP contribution in [0, 0.1) is 12.7 Å². The standard InChI is InChI=1S/C15H17FN2/c1-11-4-3-5-14(8-11)18(2)15-7-6-13(16)9-12(15)10-17/h3-9H,10,17H2,1-2H3. The summed E-state index contributed by atoms with van der Waals surface area (Å²) in [6.07, 6.45) is 0. The topological polar surface area (TPSA) is 29.3 Å². The minimum Gasteiger partial charge on any atom is -0.344 e. The second kappa shape index (κ2) is 5.19. The van der Waals surface area contributed by atoms with E-state index in [1.165, 1.54) is 17.7 Å². The van der Waals surface area contributed by atoms with E-state index in [4.69, 9.17) is 5.73 Å². The molecule has 2 aromatic carbocycles. The van der Waals surface area contributed by atoms with Crippen LogP contribution in [0.4, 0.5) is 15.8 Å². The van der Waals surface area contributed by atoms with E-state index in [0.717, 1.165) is 16.9 Å². The van der Waals surface area contributed by atoms with Crippen molar-refractivity contribution in [1.82, 2.24) is 0 Å². The molecule has 2 aromatic rings. The van der Waals surface area contributed by atoms with Gasteiger partial charge in [-0.05, 0) is 48.4 Å². The van der Waals surface area contributed by atoms with Gasteiger partial charge in [0, 0.05) is 25.0 Å². The zero-order chi connectivity index (χ0) is 13.1. The number of anilines is 2. The van der Waals surface area contributed by atoms with Gasteiger partial charge in [-0.15, -0.1) is 0 Å². The van der Waals surface area contributed by atoms with Gasteiger partial charge < -0.3 is 10.6 Å². The largest absolute Gasteiger partial charge is 0.344 e. The lowest BCUT2D eigenvalue weighted by Crippen LogP contribution is -2.13. The van der Waals surface area contributed by atoms with Gasteiger partial charge in [-0.3, -0.25) is 0 Å². The maximum absolute atomic E-state index is 13.2. The average molecular weight is 244 g/mol. The highest BCUT2D eigenvalue weighted by Crippen LogP contribution is 2.27. The summed E-state index contributed by atoms with van der Waals surface area (Å²) in [5, 5.41) is 0. The van der Waals surface area contributed by atoms with Crippen molar-refractivity contribution in [2.45, 2.75) is 13.5 Å². The molecule has 2 nitrogen and oxygen atoms in total. The van der Waals surface area contributed by atoms with E-state index in [1.807, 2.05) is 37.1 Å². The molecule has 0 aromatic heterocycles. The van der Waals surface area contributed by atoms with Crippen molar-refractivity contribution in [3.8, 4) is 0 Å². The Morgan fingerprint density at radius 1 is 1.17 bits per heavy atom. The van der Waals surface area contributed by atoms with Gasteiger partial charge in [0.05, 0.1) is 0 Å². The fourth-order valence-corrected chi connectivity index (χ4v) is 2.02. The first-order valence-electron chi connectivity index (χ1n) is 5.90. The molecule has 0 unspecified atom stereocenters. The summed E-state index contributed by atoms with van der Waals surface area (Å²) in [4.78, 5) is 2.02. The molecule has 94 valence electrons. The van der Waals surface area contributed by atoms with Crippen LogP contribution in [0.1, 0.15) is 11.1 Å². The van der Waals surface area contributed by atoms with Crippen LogP contribution in [0.5, 0.6) is 0 Å². The van der Waals surface area contributed by atoms with Gasteiger partial charge in [-0.25, -0.2) is 4.39 Å². The summed E-state index contributed by atoms with van der Waals surface area (Å²) >= 11 is 0. The Hall–Kier alpha value is -1.87. The summed E-state index contributed by atoms with van der Waals surface area (Å²) in [5.41, 5.74) is 9.67. The monoisotopic (exact) mass is 244 g/mol. The third-order valence-electron chi connectivity index (χ3n) is 3.01. The SMILES string of the molecule is Cc1cccc(N(C)c2ccc(F)cc2CN)c1. The van der Waals surface area contributed by atoms with Crippen LogP contribution in [0.15, 0.2) is 42.5 Å². The zero-order valence-electron chi connectivity index (χ0n) is 10.7. The van der Waals surface area contributed by atoms with E-state index in [2.05, 4.69) is 6.07 Å². The van der Waals surface area contributed by atoms with Gasteiger partial charge in [0.2, 0.25) is 0 Å². The number of nitrogens with zero attached hydrogens (tertiary/aromatic N) is 1. The van der Waals surface area contributed by atoms with Crippen LogP contribution in [-0.4, -0.2) is 7.05 Å². The lowest BCUT2D eigenvalue weighted by atomic mass is 10.1. The Bertz CT molecular complexity index is 552. The minimum atomic E-state index is -0.253. The molecule has 3 heteroatoms. The molecule has 2 rings (SSSR count). The number of rotatable bonds is 3. The predicted molar refractivity (Wildman–Crippen MR) is 73.5 cm³/mol. The molecule has 18 heavy (non-hydrogen) atoms. The van der Waals surface area contributed by atoms with Crippen molar-refractivity contribution in [3.63, 3.8) is 0 Å². The van der Waals surface area contributed by atoms with Gasteiger partial charge >= 0.3 is 0 Å². The van der Waals surface area contributed by atoms with E-state index in [-0.39, 0.29) is 5.82 Å². The van der Waals surface area contributed by atoms with Gasteiger partial charge in [-0.1, -0.05) is 12.1 Å². The van der Waals surface area contributed by atoms with Crippen molar-refractivity contribution in [1.29, 1.82) is 0 Å². The van der Waals surface area contributed by atoms with E-state index in [0.29, 0.717) is 6.54 Å². The predicted octanol–water partition coefficient (Wildman–Crippen LogP) is 3.36. The van der Waals surface area contributed by atoms with Crippen molar-refractivity contribution in [2.24, 2.45) is 5.73 Å². The molecule has 0 atom stereocenters. The maximum Gasteiger partial charge on any atom is 0.123 e. The van der Waals surface area contributed by atoms with Gasteiger partial charge in [0.25, 0.3) is 0 Å². The number of hydrogen-bond acceptors (Lipinski definition) is 2. The molecule has 0 aliphatic carbocycles. The van der Waals surface area contributed by atoms with Crippen LogP contribution < -0.4 is 10.6 Å². The Morgan fingerprint density at radius 2 is 1.94 bits per heavy atom. The lowest BCUT2D eigenvalue weighted by Gasteiger charge is -2.22. The Balaban J connectivity index is 2.42. The minimum absolute atomic E-state index is 0.253. The molecule has 0 saturated heterocycles. The highest BCUT2D eigenvalue weighted by atomic mass is 19.1. The molecule has 0 amide bonds. The van der Waals surface area contributed by atoms with Crippen molar-refractivity contribution in [2.75, 3.05) is 11.9 Å². The van der Waals surface area contributed by atoms with E-state index < -0.39 is 0 Å². The Kier molecular flexibility index (Phi) is 3.63. The summed E-state index contributed by atoms with van der Waals surface area (Å²) in [6, 6.07) is 12.9. The summed E-state index contributed by atoms with van der Waals surface area (Å²) in [5.74, 6) is -0.253. The summed E-state index contributed by atoms with van der Waals surface area (Å²) in [7, 11) is 1.96. The third-order valence-corrected chi connectivity index (χ3v) is 3.01. The molecule has 2 N–H and O–H groups in total. The number of benzene rings is 2. The molecule has 0 radical (unpaired) electrons. The van der Waals surface area contributed by atoms with Gasteiger partial charge in [0.1, 0.15) is 5.82 Å². The average Bonchev–Trinajstić information content (AvgIpc) is 2.37. The second-order valence-corrected chi connectivity index (χ2v) is 4.38. The molecule has 0 fully saturated rings. The van der Waals surface area contributed by atoms with Crippen molar-refractivity contribution < 1.29 is 4.39 Å². The Labute approximate surface area is 107 Å². The summed E-state index contributed by atoms with van der Waals surface area (Å²) < 4.78 is 13.2. The van der Waals surface area contributed by atoms with Crippen LogP contribution in [0.3, 0.4) is 0 Å². The number of nitrogens with two attached hydrogens (primary N) is 1. The Morgan fingerprint density at radius 3 is 2.61 bits per heavy atom. The maximum atomic E-state index is 13.2. The highest BCUT2D eigenvalue weighted by Gasteiger charge is 2.09. The molecule has 0 bridgehead atoms. The first-order valence-corrected chi connectivity index (χ1v) is 5.90. The summed E-state index contributed by atoms with van der Waals surface area (Å²) in [6.45, 7) is 2.37. The van der Waals surface area contributed by atoms with Gasteiger partial charge in [0.15, 0.2) is 0 Å². The van der Waals surface area contributed by atoms with Crippen LogP contribution in [0.25, 0.3) is 0 Å². The molecule has 0 heterocycles.